The first-order chi connectivity index (χ1) is 13.5. The van der Waals surface area contributed by atoms with E-state index in [9.17, 15) is 9.90 Å². The fourth-order valence-corrected chi connectivity index (χ4v) is 7.54. The second-order valence-corrected chi connectivity index (χ2v) is 9.75. The third kappa shape index (κ3) is 1.75. The predicted octanol–water partition coefficient (Wildman–Crippen LogP) is 2.82. The van der Waals surface area contributed by atoms with E-state index in [4.69, 9.17) is 9.47 Å². The fourth-order valence-electron chi connectivity index (χ4n) is 7.54. The number of carbonyl (C=O) groups is 1. The van der Waals surface area contributed by atoms with Crippen molar-refractivity contribution in [3.63, 3.8) is 0 Å². The van der Waals surface area contributed by atoms with Gasteiger partial charge in [-0.05, 0) is 55.7 Å². The molecule has 2 bridgehead atoms. The summed E-state index contributed by atoms with van der Waals surface area (Å²) in [6.45, 7) is 4.30. The molecule has 1 aromatic carbocycles. The van der Waals surface area contributed by atoms with Crippen molar-refractivity contribution in [2.45, 2.75) is 68.6 Å². The number of benzene rings is 1. The van der Waals surface area contributed by atoms with E-state index in [1.54, 1.807) is 6.07 Å². The lowest BCUT2D eigenvalue weighted by Gasteiger charge is -2.66. The number of ether oxygens (including phenoxy) is 2. The fraction of sp³-hybridized carbons (Fsp3) is 0.696. The minimum Gasteiger partial charge on any atom is -0.504 e. The molecule has 0 amide bonds. The van der Waals surface area contributed by atoms with E-state index >= 15 is 0 Å². The highest BCUT2D eigenvalue weighted by Gasteiger charge is 2.76. The number of nitrogens with zero attached hydrogens (tertiary/aromatic N) is 1. The molecule has 6 rings (SSSR count). The molecule has 1 aromatic rings. The van der Waals surface area contributed by atoms with E-state index in [2.05, 4.69) is 11.8 Å². The SMILES string of the molecule is CO[C@@]12[C@H](C)CC(=O)[C@@H]3Oc4c(O)ccc5c4[C@@]31CCN(CC1CCC1)[C@@H]2C5. The molecule has 2 saturated carbocycles. The van der Waals surface area contributed by atoms with E-state index in [0.717, 1.165) is 37.4 Å². The van der Waals surface area contributed by atoms with Crippen LogP contribution in [0.15, 0.2) is 12.1 Å². The van der Waals surface area contributed by atoms with Crippen molar-refractivity contribution in [1.82, 2.24) is 4.90 Å². The molecule has 5 heteroatoms. The van der Waals surface area contributed by atoms with Gasteiger partial charge in [0.15, 0.2) is 23.4 Å². The second kappa shape index (κ2) is 5.51. The predicted molar refractivity (Wildman–Crippen MR) is 104 cm³/mol. The van der Waals surface area contributed by atoms with E-state index in [1.165, 1.54) is 24.8 Å². The Morgan fingerprint density at radius 3 is 2.86 bits per heavy atom. The van der Waals surface area contributed by atoms with E-state index < -0.39 is 17.1 Å². The molecule has 2 heterocycles. The lowest BCUT2D eigenvalue weighted by Crippen LogP contribution is -2.79. The quantitative estimate of drug-likeness (QED) is 0.870. The van der Waals surface area contributed by atoms with Crippen LogP contribution in [0.1, 0.15) is 50.2 Å². The Hall–Kier alpha value is -1.59. The summed E-state index contributed by atoms with van der Waals surface area (Å²) in [6, 6.07) is 4.04. The number of hydrogen-bond acceptors (Lipinski definition) is 5. The van der Waals surface area contributed by atoms with Crippen molar-refractivity contribution in [3.8, 4) is 11.5 Å². The summed E-state index contributed by atoms with van der Waals surface area (Å²) in [4.78, 5) is 15.8. The number of ketones is 1. The van der Waals surface area contributed by atoms with Crippen molar-refractivity contribution >= 4 is 5.78 Å². The van der Waals surface area contributed by atoms with E-state index in [0.29, 0.717) is 12.2 Å². The minimum atomic E-state index is -0.528. The summed E-state index contributed by atoms with van der Waals surface area (Å²) in [5.41, 5.74) is 1.38. The summed E-state index contributed by atoms with van der Waals surface area (Å²) >= 11 is 0. The standard InChI is InChI=1S/C23H29NO4/c1-13-10-17(26)21-22-8-9-24(12-14-4-3-5-14)18(23(13,22)27-2)11-15-6-7-16(25)20(28-21)19(15)22/h6-7,13-14,18,21,25H,3-5,8-12H2,1-2H3/t13-,18-,21+,22+,23-/m1/s1. The Labute approximate surface area is 166 Å². The van der Waals surface area contributed by atoms with Crippen LogP contribution in [0.25, 0.3) is 0 Å². The lowest BCUT2D eigenvalue weighted by atomic mass is 9.46. The van der Waals surface area contributed by atoms with Gasteiger partial charge in [-0.1, -0.05) is 19.4 Å². The van der Waals surface area contributed by atoms with Gasteiger partial charge in [0.2, 0.25) is 0 Å². The number of likely N-dealkylation sites (tertiary alicyclic amines) is 1. The third-order valence-corrected chi connectivity index (χ3v) is 8.78. The van der Waals surface area contributed by atoms with Gasteiger partial charge in [0.1, 0.15) is 5.60 Å². The first kappa shape index (κ1) is 17.3. The van der Waals surface area contributed by atoms with Gasteiger partial charge in [-0.15, -0.1) is 0 Å². The number of hydrogen-bond donors (Lipinski definition) is 1. The first-order valence-corrected chi connectivity index (χ1v) is 10.9. The van der Waals surface area contributed by atoms with Crippen LogP contribution in [0.5, 0.6) is 11.5 Å². The highest BCUT2D eigenvalue weighted by molar-refractivity contribution is 5.90. The molecule has 5 aliphatic rings. The molecule has 28 heavy (non-hydrogen) atoms. The van der Waals surface area contributed by atoms with Crippen molar-refractivity contribution in [1.29, 1.82) is 0 Å². The Kier molecular flexibility index (Phi) is 3.40. The molecule has 5 nitrogen and oxygen atoms in total. The van der Waals surface area contributed by atoms with E-state index in [-0.39, 0.29) is 23.5 Å². The molecule has 0 radical (unpaired) electrons. The molecule has 1 saturated heterocycles. The van der Waals surface area contributed by atoms with Crippen LogP contribution in [0.4, 0.5) is 0 Å². The number of carbonyl (C=O) groups excluding carboxylic acids is 1. The largest absolute Gasteiger partial charge is 0.504 e. The van der Waals surface area contributed by atoms with Crippen LogP contribution in [-0.4, -0.2) is 53.7 Å². The molecule has 2 aliphatic heterocycles. The van der Waals surface area contributed by atoms with Crippen molar-refractivity contribution in [2.24, 2.45) is 11.8 Å². The zero-order chi connectivity index (χ0) is 19.3. The molecule has 1 spiro atoms. The number of Topliss-reactive ketones (excluding diaryl/α,β-unsaturated/α-hetero) is 1. The maximum Gasteiger partial charge on any atom is 0.174 e. The zero-order valence-corrected chi connectivity index (χ0v) is 16.7. The number of aromatic hydroxyl groups is 1. The first-order valence-electron chi connectivity index (χ1n) is 10.9. The molecular weight excluding hydrogens is 354 g/mol. The Balaban J connectivity index is 1.58. The maximum atomic E-state index is 13.1. The average molecular weight is 383 g/mol. The highest BCUT2D eigenvalue weighted by Crippen LogP contribution is 2.67. The molecular formula is C23H29NO4. The molecule has 5 atom stereocenters. The van der Waals surface area contributed by atoms with Crippen molar-refractivity contribution in [3.05, 3.63) is 23.3 Å². The number of phenols is 1. The molecule has 3 aliphatic carbocycles. The lowest BCUT2D eigenvalue weighted by molar-refractivity contribution is -0.224. The van der Waals surface area contributed by atoms with Gasteiger partial charge in [-0.25, -0.2) is 0 Å². The number of methoxy groups -OCH3 is 1. The second-order valence-electron chi connectivity index (χ2n) is 9.75. The third-order valence-electron chi connectivity index (χ3n) is 8.78. The average Bonchev–Trinajstić information content (AvgIpc) is 2.99. The Morgan fingerprint density at radius 2 is 2.14 bits per heavy atom. The van der Waals surface area contributed by atoms with Gasteiger partial charge in [0.25, 0.3) is 0 Å². The monoisotopic (exact) mass is 383 g/mol. The van der Waals surface area contributed by atoms with Crippen LogP contribution in [-0.2, 0) is 21.4 Å². The summed E-state index contributed by atoms with van der Waals surface area (Å²) in [5, 5.41) is 10.5. The molecule has 3 fully saturated rings. The van der Waals surface area contributed by atoms with Crippen LogP contribution < -0.4 is 4.74 Å². The summed E-state index contributed by atoms with van der Waals surface area (Å²) < 4.78 is 12.8. The van der Waals surface area contributed by atoms with Crippen molar-refractivity contribution < 1.29 is 19.4 Å². The van der Waals surface area contributed by atoms with Crippen LogP contribution in [0.2, 0.25) is 0 Å². The summed E-state index contributed by atoms with van der Waals surface area (Å²) in [5.74, 6) is 1.78. The smallest absolute Gasteiger partial charge is 0.174 e. The topological polar surface area (TPSA) is 59.0 Å². The van der Waals surface area contributed by atoms with Gasteiger partial charge in [0, 0.05) is 31.7 Å². The van der Waals surface area contributed by atoms with Crippen LogP contribution >= 0.6 is 0 Å². The van der Waals surface area contributed by atoms with Crippen molar-refractivity contribution in [2.75, 3.05) is 20.2 Å². The van der Waals surface area contributed by atoms with E-state index in [1.807, 2.05) is 13.2 Å². The van der Waals surface area contributed by atoms with Crippen LogP contribution in [0, 0.1) is 11.8 Å². The normalized spacial score (nSPS) is 41.4. The van der Waals surface area contributed by atoms with Gasteiger partial charge >= 0.3 is 0 Å². The Bertz CT molecular complexity index is 864. The van der Waals surface area contributed by atoms with Gasteiger partial charge < -0.3 is 14.6 Å². The molecule has 1 N–H and O–H groups in total. The zero-order valence-electron chi connectivity index (χ0n) is 16.7. The molecule has 150 valence electrons. The van der Waals surface area contributed by atoms with Gasteiger partial charge in [-0.2, -0.15) is 0 Å². The highest BCUT2D eigenvalue weighted by atomic mass is 16.5. The van der Waals surface area contributed by atoms with Gasteiger partial charge in [0.05, 0.1) is 5.41 Å². The van der Waals surface area contributed by atoms with Crippen LogP contribution in [0.3, 0.4) is 0 Å². The number of piperidine rings is 1. The maximum absolute atomic E-state index is 13.1. The molecule has 0 unspecified atom stereocenters. The summed E-state index contributed by atoms with van der Waals surface area (Å²) in [6.07, 6.45) is 5.74. The Morgan fingerprint density at radius 1 is 1.32 bits per heavy atom. The minimum absolute atomic E-state index is 0.125. The number of phenolic OH excluding ortho intramolecular Hbond substituents is 1. The number of rotatable bonds is 3. The van der Waals surface area contributed by atoms with Gasteiger partial charge in [-0.3, -0.25) is 9.69 Å². The molecule has 0 aromatic heterocycles. The summed E-state index contributed by atoms with van der Waals surface area (Å²) in [7, 11) is 1.83.